The van der Waals surface area contributed by atoms with E-state index < -0.39 is 6.04 Å². The van der Waals surface area contributed by atoms with Crippen LogP contribution in [0.4, 0.5) is 5.69 Å². The molecule has 4 rings (SSSR count). The van der Waals surface area contributed by atoms with Crippen LogP contribution in [-0.2, 0) is 22.6 Å². The van der Waals surface area contributed by atoms with E-state index >= 15 is 0 Å². The molecule has 1 aromatic heterocycles. The van der Waals surface area contributed by atoms with E-state index in [0.717, 1.165) is 22.5 Å². The molecule has 0 saturated heterocycles. The van der Waals surface area contributed by atoms with Gasteiger partial charge in [0.1, 0.15) is 6.04 Å². The number of fused-ring (bicyclic) bond motifs is 1. The van der Waals surface area contributed by atoms with Gasteiger partial charge in [-0.15, -0.1) is 0 Å². The van der Waals surface area contributed by atoms with Gasteiger partial charge in [-0.1, -0.05) is 44.2 Å². The average Bonchev–Trinajstić information content (AvgIpc) is 3.18. The smallest absolute Gasteiger partial charge is 0.247 e. The van der Waals surface area contributed by atoms with Gasteiger partial charge in [0.05, 0.1) is 5.69 Å². The highest BCUT2D eigenvalue weighted by atomic mass is 16.2. The SMILES string of the molecule is Cc1ccnn1-c1cccc(NC(=O)C2Cc3ccccc3CN2C(=O)CC(C)C)c1. The van der Waals surface area contributed by atoms with E-state index in [9.17, 15) is 9.59 Å². The van der Waals surface area contributed by atoms with Crippen LogP contribution in [0.2, 0.25) is 0 Å². The second-order valence-corrected chi connectivity index (χ2v) is 8.53. The highest BCUT2D eigenvalue weighted by Crippen LogP contribution is 2.26. The minimum atomic E-state index is -0.531. The predicted octanol–water partition coefficient (Wildman–Crippen LogP) is 4.12. The van der Waals surface area contributed by atoms with Crippen LogP contribution in [0, 0.1) is 12.8 Å². The molecule has 2 aromatic carbocycles. The third-order valence-corrected chi connectivity index (χ3v) is 5.64. The second kappa shape index (κ2) is 8.76. The van der Waals surface area contributed by atoms with Crippen molar-refractivity contribution in [2.45, 2.75) is 46.2 Å². The molecule has 31 heavy (non-hydrogen) atoms. The lowest BCUT2D eigenvalue weighted by atomic mass is 9.92. The van der Waals surface area contributed by atoms with Gasteiger partial charge in [-0.25, -0.2) is 4.68 Å². The standard InChI is InChI=1S/C25H28N4O2/c1-17(2)13-24(30)28-16-20-8-5-4-7-19(20)14-23(28)25(31)27-21-9-6-10-22(15-21)29-18(3)11-12-26-29/h4-12,15,17,23H,13-14,16H2,1-3H3,(H,27,31). The van der Waals surface area contributed by atoms with Gasteiger partial charge in [0.2, 0.25) is 11.8 Å². The number of hydrogen-bond donors (Lipinski definition) is 1. The zero-order valence-corrected chi connectivity index (χ0v) is 18.2. The van der Waals surface area contributed by atoms with Crippen molar-refractivity contribution >= 4 is 17.5 Å². The Morgan fingerprint density at radius 3 is 2.58 bits per heavy atom. The molecule has 0 radical (unpaired) electrons. The fraction of sp³-hybridized carbons (Fsp3) is 0.320. The molecule has 2 heterocycles. The molecule has 0 aliphatic carbocycles. The first-order valence-electron chi connectivity index (χ1n) is 10.7. The quantitative estimate of drug-likeness (QED) is 0.680. The fourth-order valence-corrected chi connectivity index (χ4v) is 4.07. The van der Waals surface area contributed by atoms with E-state index in [1.807, 2.05) is 80.1 Å². The number of carbonyl (C=O) groups is 2. The second-order valence-electron chi connectivity index (χ2n) is 8.53. The van der Waals surface area contributed by atoms with Crippen molar-refractivity contribution in [2.24, 2.45) is 5.92 Å². The summed E-state index contributed by atoms with van der Waals surface area (Å²) >= 11 is 0. The Morgan fingerprint density at radius 1 is 1.10 bits per heavy atom. The molecule has 160 valence electrons. The van der Waals surface area contributed by atoms with Crippen LogP contribution in [0.1, 0.15) is 37.1 Å². The number of anilines is 1. The lowest BCUT2D eigenvalue weighted by molar-refractivity contribution is -0.140. The molecular formula is C25H28N4O2. The van der Waals surface area contributed by atoms with Crippen LogP contribution in [0.3, 0.4) is 0 Å². The van der Waals surface area contributed by atoms with Gasteiger partial charge < -0.3 is 10.2 Å². The predicted molar refractivity (Wildman–Crippen MR) is 121 cm³/mol. The Bertz CT molecular complexity index is 1100. The highest BCUT2D eigenvalue weighted by molar-refractivity contribution is 5.98. The van der Waals surface area contributed by atoms with Gasteiger partial charge in [0.15, 0.2) is 0 Å². The summed E-state index contributed by atoms with van der Waals surface area (Å²) in [6.07, 6.45) is 2.70. The van der Waals surface area contributed by atoms with Crippen molar-refractivity contribution in [2.75, 3.05) is 5.32 Å². The third-order valence-electron chi connectivity index (χ3n) is 5.64. The molecule has 1 unspecified atom stereocenters. The first-order chi connectivity index (χ1) is 14.9. The molecule has 3 aromatic rings. The molecule has 0 bridgehead atoms. The molecular weight excluding hydrogens is 388 g/mol. The molecule has 0 spiro atoms. The van der Waals surface area contributed by atoms with Crippen LogP contribution in [-0.4, -0.2) is 32.5 Å². The number of amides is 2. The number of carbonyl (C=O) groups excluding carboxylic acids is 2. The van der Waals surface area contributed by atoms with Gasteiger partial charge in [0.25, 0.3) is 0 Å². The van der Waals surface area contributed by atoms with Gasteiger partial charge in [0, 0.05) is 37.0 Å². The summed E-state index contributed by atoms with van der Waals surface area (Å²) in [7, 11) is 0. The molecule has 1 aliphatic heterocycles. The fourth-order valence-electron chi connectivity index (χ4n) is 4.07. The number of hydrogen-bond acceptors (Lipinski definition) is 3. The van der Waals surface area contributed by atoms with Crippen molar-refractivity contribution in [1.82, 2.24) is 14.7 Å². The summed E-state index contributed by atoms with van der Waals surface area (Å²) in [5.41, 5.74) is 4.81. The zero-order chi connectivity index (χ0) is 22.0. The molecule has 6 nitrogen and oxygen atoms in total. The van der Waals surface area contributed by atoms with E-state index in [1.54, 1.807) is 11.1 Å². The van der Waals surface area contributed by atoms with Crippen molar-refractivity contribution in [3.8, 4) is 5.69 Å². The van der Waals surface area contributed by atoms with Crippen LogP contribution >= 0.6 is 0 Å². The summed E-state index contributed by atoms with van der Waals surface area (Å²) in [6, 6.07) is 17.0. The highest BCUT2D eigenvalue weighted by Gasteiger charge is 2.34. The molecule has 0 saturated carbocycles. The normalized spacial score (nSPS) is 15.6. The number of aromatic nitrogens is 2. The summed E-state index contributed by atoms with van der Waals surface area (Å²) in [5.74, 6) is 0.0916. The van der Waals surface area contributed by atoms with E-state index in [1.165, 1.54) is 0 Å². The Kier molecular flexibility index (Phi) is 5.89. The van der Waals surface area contributed by atoms with E-state index in [-0.39, 0.29) is 17.7 Å². The number of aryl methyl sites for hydroxylation is 1. The summed E-state index contributed by atoms with van der Waals surface area (Å²) in [4.78, 5) is 28.0. The topological polar surface area (TPSA) is 67.2 Å². The summed E-state index contributed by atoms with van der Waals surface area (Å²) in [5, 5.41) is 7.36. The number of nitrogens with zero attached hydrogens (tertiary/aromatic N) is 3. The van der Waals surface area contributed by atoms with Crippen LogP contribution in [0.25, 0.3) is 5.69 Å². The van der Waals surface area contributed by atoms with E-state index in [2.05, 4.69) is 10.4 Å². The van der Waals surface area contributed by atoms with Crippen LogP contribution < -0.4 is 5.32 Å². The van der Waals surface area contributed by atoms with Crippen LogP contribution in [0.5, 0.6) is 0 Å². The molecule has 1 N–H and O–H groups in total. The maximum absolute atomic E-state index is 13.3. The summed E-state index contributed by atoms with van der Waals surface area (Å²) < 4.78 is 1.82. The first-order valence-corrected chi connectivity index (χ1v) is 10.7. The molecule has 0 fully saturated rings. The lowest BCUT2D eigenvalue weighted by Gasteiger charge is -2.36. The lowest BCUT2D eigenvalue weighted by Crippen LogP contribution is -2.50. The summed E-state index contributed by atoms with van der Waals surface area (Å²) in [6.45, 7) is 6.49. The maximum Gasteiger partial charge on any atom is 0.247 e. The average molecular weight is 417 g/mol. The van der Waals surface area contributed by atoms with Crippen LogP contribution in [0.15, 0.2) is 60.8 Å². The van der Waals surface area contributed by atoms with Gasteiger partial charge in [-0.05, 0) is 48.2 Å². The van der Waals surface area contributed by atoms with Crippen molar-refractivity contribution in [1.29, 1.82) is 0 Å². The number of benzene rings is 2. The van der Waals surface area contributed by atoms with E-state index in [4.69, 9.17) is 0 Å². The molecule has 1 aliphatic rings. The van der Waals surface area contributed by atoms with Gasteiger partial charge >= 0.3 is 0 Å². The van der Waals surface area contributed by atoms with Gasteiger partial charge in [-0.2, -0.15) is 5.10 Å². The molecule has 2 amide bonds. The van der Waals surface area contributed by atoms with Crippen molar-refractivity contribution < 1.29 is 9.59 Å². The minimum absolute atomic E-state index is 0.0190. The Balaban J connectivity index is 1.58. The Morgan fingerprint density at radius 2 is 1.87 bits per heavy atom. The number of rotatable bonds is 5. The first kappa shape index (κ1) is 20.8. The Hall–Kier alpha value is -3.41. The number of nitrogens with one attached hydrogen (secondary N) is 1. The molecule has 6 heteroatoms. The minimum Gasteiger partial charge on any atom is -0.326 e. The van der Waals surface area contributed by atoms with Crippen molar-refractivity contribution in [3.63, 3.8) is 0 Å². The molecule has 1 atom stereocenters. The largest absolute Gasteiger partial charge is 0.326 e. The van der Waals surface area contributed by atoms with Gasteiger partial charge in [-0.3, -0.25) is 9.59 Å². The van der Waals surface area contributed by atoms with Crippen molar-refractivity contribution in [3.05, 3.63) is 77.6 Å². The third kappa shape index (κ3) is 4.53. The zero-order valence-electron chi connectivity index (χ0n) is 18.2. The maximum atomic E-state index is 13.3. The van der Waals surface area contributed by atoms with E-state index in [0.29, 0.717) is 25.1 Å². The Labute approximate surface area is 182 Å². The monoisotopic (exact) mass is 416 g/mol.